The van der Waals surface area contributed by atoms with Crippen LogP contribution >= 0.6 is 47.1 Å². The van der Waals surface area contributed by atoms with E-state index < -0.39 is 11.9 Å². The Morgan fingerprint density at radius 2 is 1.93 bits per heavy atom. The van der Waals surface area contributed by atoms with Gasteiger partial charge in [0.25, 0.3) is 0 Å². The Balaban J connectivity index is 0.00000450. The van der Waals surface area contributed by atoms with Crippen LogP contribution in [-0.2, 0) is 17.5 Å². The minimum atomic E-state index is -4.46. The fourth-order valence-corrected chi connectivity index (χ4v) is 3.53. The van der Waals surface area contributed by atoms with E-state index in [4.69, 9.17) is 0 Å². The molecule has 0 spiro atoms. The summed E-state index contributed by atoms with van der Waals surface area (Å²) in [5, 5.41) is 7.29. The summed E-state index contributed by atoms with van der Waals surface area (Å²) in [7, 11) is 3.26. The molecule has 0 radical (unpaired) electrons. The Morgan fingerprint density at radius 3 is 2.53 bits per heavy atom. The van der Waals surface area contributed by atoms with E-state index in [2.05, 4.69) is 20.6 Å². The molecular formula is C18H23F3IN5OS2. The zero-order chi connectivity index (χ0) is 21.3. The molecule has 12 heteroatoms. The molecule has 6 nitrogen and oxygen atoms in total. The molecule has 166 valence electrons. The second-order valence-electron chi connectivity index (χ2n) is 6.02. The standard InChI is InChI=1S/C18H22F3N5OS2.HI/c1-26(2)16(27)11-24-17(22-8-9-28-13-6-4-3-5-7-13)23-10-15-25-14(12-29-15)18(19,20)21;/h3-7,12H,8-11H2,1-2H3,(H2,22,23,24);1H. The predicted molar refractivity (Wildman–Crippen MR) is 126 cm³/mol. The van der Waals surface area contributed by atoms with Crippen molar-refractivity contribution >= 4 is 58.9 Å². The van der Waals surface area contributed by atoms with Gasteiger partial charge < -0.3 is 15.5 Å². The fraction of sp³-hybridized carbons (Fsp3) is 0.389. The number of aliphatic imine (C=N–C) groups is 1. The highest BCUT2D eigenvalue weighted by atomic mass is 127. The maximum Gasteiger partial charge on any atom is 0.434 e. The Morgan fingerprint density at radius 1 is 1.23 bits per heavy atom. The Bertz CT molecular complexity index is 816. The van der Waals surface area contributed by atoms with Crippen LogP contribution in [0.25, 0.3) is 0 Å². The number of hydrogen-bond acceptors (Lipinski definition) is 5. The maximum absolute atomic E-state index is 12.7. The lowest BCUT2D eigenvalue weighted by atomic mass is 10.4. The van der Waals surface area contributed by atoms with Crippen LogP contribution in [0.4, 0.5) is 13.2 Å². The van der Waals surface area contributed by atoms with Gasteiger partial charge in [-0.3, -0.25) is 4.79 Å². The maximum atomic E-state index is 12.7. The van der Waals surface area contributed by atoms with Crippen molar-refractivity contribution in [1.82, 2.24) is 20.5 Å². The smallest absolute Gasteiger partial charge is 0.356 e. The molecule has 2 rings (SSSR count). The minimum Gasteiger partial charge on any atom is -0.356 e. The van der Waals surface area contributed by atoms with E-state index in [0.717, 1.165) is 27.4 Å². The number of guanidine groups is 1. The predicted octanol–water partition coefficient (Wildman–Crippen LogP) is 3.70. The summed E-state index contributed by atoms with van der Waals surface area (Å²) in [6.07, 6.45) is -4.46. The van der Waals surface area contributed by atoms with Crippen LogP contribution in [0.15, 0.2) is 45.6 Å². The second kappa shape index (κ2) is 13.0. The monoisotopic (exact) mass is 573 g/mol. The number of likely N-dealkylation sites (N-methyl/N-ethyl adjacent to an activating group) is 1. The van der Waals surface area contributed by atoms with Gasteiger partial charge in [0.2, 0.25) is 5.91 Å². The van der Waals surface area contributed by atoms with E-state index in [0.29, 0.717) is 12.5 Å². The van der Waals surface area contributed by atoms with Crippen molar-refractivity contribution in [3.63, 3.8) is 0 Å². The molecule has 1 aromatic carbocycles. The number of carbonyl (C=O) groups excluding carboxylic acids is 1. The van der Waals surface area contributed by atoms with E-state index in [-0.39, 0.29) is 48.0 Å². The van der Waals surface area contributed by atoms with Crippen LogP contribution in [0.5, 0.6) is 0 Å². The molecule has 2 N–H and O–H groups in total. The van der Waals surface area contributed by atoms with Crippen molar-refractivity contribution < 1.29 is 18.0 Å². The first kappa shape index (κ1) is 26.5. The van der Waals surface area contributed by atoms with Crippen molar-refractivity contribution in [2.24, 2.45) is 4.99 Å². The Labute approximate surface area is 198 Å². The van der Waals surface area contributed by atoms with E-state index in [1.165, 1.54) is 4.90 Å². The van der Waals surface area contributed by atoms with Gasteiger partial charge in [-0.1, -0.05) is 18.2 Å². The molecular weight excluding hydrogens is 550 g/mol. The summed E-state index contributed by atoms with van der Waals surface area (Å²) in [5.41, 5.74) is -0.909. The average molecular weight is 573 g/mol. The van der Waals surface area contributed by atoms with Crippen molar-refractivity contribution in [3.05, 3.63) is 46.4 Å². The molecule has 0 fully saturated rings. The largest absolute Gasteiger partial charge is 0.434 e. The first-order chi connectivity index (χ1) is 13.8. The SMILES string of the molecule is CN(C)C(=O)CN=C(NCCSc1ccccc1)NCc1nc(C(F)(F)F)cs1.I. The van der Waals surface area contributed by atoms with Gasteiger partial charge in [-0.05, 0) is 12.1 Å². The normalized spacial score (nSPS) is 11.6. The zero-order valence-electron chi connectivity index (χ0n) is 16.4. The highest BCUT2D eigenvalue weighted by Crippen LogP contribution is 2.29. The molecule has 1 heterocycles. The van der Waals surface area contributed by atoms with E-state index in [1.807, 2.05) is 30.3 Å². The van der Waals surface area contributed by atoms with Crippen LogP contribution in [-0.4, -0.2) is 54.7 Å². The molecule has 0 bridgehead atoms. The number of amides is 1. The van der Waals surface area contributed by atoms with Gasteiger partial charge in [0.15, 0.2) is 11.7 Å². The first-order valence-corrected chi connectivity index (χ1v) is 10.5. The summed E-state index contributed by atoms with van der Waals surface area (Å²) in [4.78, 5) is 22.1. The average Bonchev–Trinajstić information content (AvgIpc) is 3.16. The third-order valence-corrected chi connectivity index (χ3v) is 5.39. The van der Waals surface area contributed by atoms with Gasteiger partial charge in [-0.15, -0.1) is 47.1 Å². The summed E-state index contributed by atoms with van der Waals surface area (Å²) < 4.78 is 38.0. The van der Waals surface area contributed by atoms with Gasteiger partial charge in [0.05, 0.1) is 6.54 Å². The molecule has 0 aliphatic carbocycles. The van der Waals surface area contributed by atoms with Crippen LogP contribution in [0.2, 0.25) is 0 Å². The van der Waals surface area contributed by atoms with Gasteiger partial charge in [0.1, 0.15) is 11.6 Å². The summed E-state index contributed by atoms with van der Waals surface area (Å²) in [6.45, 7) is 0.571. The number of alkyl halides is 3. The van der Waals surface area contributed by atoms with E-state index in [1.54, 1.807) is 25.9 Å². The number of aromatic nitrogens is 1. The van der Waals surface area contributed by atoms with Gasteiger partial charge in [0, 0.05) is 36.7 Å². The van der Waals surface area contributed by atoms with Gasteiger partial charge in [-0.2, -0.15) is 13.2 Å². The molecule has 30 heavy (non-hydrogen) atoms. The van der Waals surface area contributed by atoms with Crippen LogP contribution < -0.4 is 10.6 Å². The van der Waals surface area contributed by atoms with Crippen LogP contribution in [0.3, 0.4) is 0 Å². The van der Waals surface area contributed by atoms with Gasteiger partial charge in [-0.25, -0.2) is 9.98 Å². The summed E-state index contributed by atoms with van der Waals surface area (Å²) >= 11 is 2.57. The van der Waals surface area contributed by atoms with E-state index in [9.17, 15) is 18.0 Å². The first-order valence-electron chi connectivity index (χ1n) is 8.67. The molecule has 0 saturated carbocycles. The Hall–Kier alpha value is -1.54. The number of carbonyl (C=O) groups is 1. The molecule has 0 saturated heterocycles. The number of nitrogens with zero attached hydrogens (tertiary/aromatic N) is 3. The van der Waals surface area contributed by atoms with E-state index >= 15 is 0 Å². The van der Waals surface area contributed by atoms with Crippen molar-refractivity contribution in [3.8, 4) is 0 Å². The third-order valence-electron chi connectivity index (χ3n) is 3.53. The highest BCUT2D eigenvalue weighted by molar-refractivity contribution is 14.0. The molecule has 0 aliphatic rings. The molecule has 2 aromatic rings. The minimum absolute atomic E-state index is 0. The van der Waals surface area contributed by atoms with Crippen molar-refractivity contribution in [2.75, 3.05) is 32.9 Å². The number of benzene rings is 1. The van der Waals surface area contributed by atoms with Crippen LogP contribution in [0, 0.1) is 0 Å². The second-order valence-corrected chi connectivity index (χ2v) is 8.13. The highest BCUT2D eigenvalue weighted by Gasteiger charge is 2.33. The summed E-state index contributed by atoms with van der Waals surface area (Å²) in [6, 6.07) is 9.88. The number of rotatable bonds is 8. The molecule has 0 aliphatic heterocycles. The van der Waals surface area contributed by atoms with Crippen LogP contribution in [0.1, 0.15) is 10.7 Å². The van der Waals surface area contributed by atoms with Gasteiger partial charge >= 0.3 is 6.18 Å². The zero-order valence-corrected chi connectivity index (χ0v) is 20.4. The lowest BCUT2D eigenvalue weighted by molar-refractivity contribution is -0.140. The quantitative estimate of drug-likeness (QED) is 0.166. The number of hydrogen-bond donors (Lipinski definition) is 2. The molecule has 0 atom stereocenters. The molecule has 1 aromatic heterocycles. The summed E-state index contributed by atoms with van der Waals surface area (Å²) in [5.74, 6) is 0.915. The number of halogens is 4. The number of thioether (sulfide) groups is 1. The molecule has 1 amide bonds. The Kier molecular flexibility index (Phi) is 11.5. The molecule has 0 unspecified atom stereocenters. The number of nitrogens with one attached hydrogen (secondary N) is 2. The number of thiazole rings is 1. The topological polar surface area (TPSA) is 69.6 Å². The lowest BCUT2D eigenvalue weighted by Crippen LogP contribution is -2.39. The lowest BCUT2D eigenvalue weighted by Gasteiger charge is -2.13. The van der Waals surface area contributed by atoms with Crippen molar-refractivity contribution in [2.45, 2.75) is 17.6 Å². The van der Waals surface area contributed by atoms with Crippen molar-refractivity contribution in [1.29, 1.82) is 0 Å². The fourth-order valence-electron chi connectivity index (χ4n) is 2.00. The third kappa shape index (κ3) is 9.51.